The monoisotopic (exact) mass is 346 g/mol. The molecule has 1 aliphatic heterocycles. The molecule has 1 saturated heterocycles. The third kappa shape index (κ3) is 16.1. The van der Waals surface area contributed by atoms with Crippen molar-refractivity contribution >= 4 is 5.97 Å². The molecule has 0 saturated carbocycles. The molecule has 144 valence electrons. The zero-order valence-corrected chi connectivity index (χ0v) is 15.7. The second-order valence-corrected chi connectivity index (χ2v) is 6.47. The van der Waals surface area contributed by atoms with Crippen molar-refractivity contribution in [2.24, 2.45) is 5.73 Å². The number of hydrogen-bond donors (Lipinski definition) is 5. The van der Waals surface area contributed by atoms with Gasteiger partial charge in [-0.2, -0.15) is 0 Å². The molecule has 8 nitrogen and oxygen atoms in total. The summed E-state index contributed by atoms with van der Waals surface area (Å²) in [7, 11) is 5.76. The highest BCUT2D eigenvalue weighted by atomic mass is 16.4. The summed E-state index contributed by atoms with van der Waals surface area (Å²) in [5.74, 6) is -0.955. The molecule has 0 aromatic rings. The van der Waals surface area contributed by atoms with E-state index in [1.165, 1.54) is 19.4 Å². The van der Waals surface area contributed by atoms with Gasteiger partial charge < -0.3 is 36.6 Å². The zero-order valence-electron chi connectivity index (χ0n) is 15.7. The van der Waals surface area contributed by atoms with Crippen LogP contribution in [0.4, 0.5) is 0 Å². The van der Waals surface area contributed by atoms with Gasteiger partial charge in [-0.25, -0.2) is 0 Å². The molecule has 1 fully saturated rings. The van der Waals surface area contributed by atoms with Crippen LogP contribution in [-0.2, 0) is 4.79 Å². The summed E-state index contributed by atoms with van der Waals surface area (Å²) >= 11 is 0. The highest BCUT2D eigenvalue weighted by Crippen LogP contribution is 1.86. The zero-order chi connectivity index (χ0) is 18.2. The Kier molecular flexibility index (Phi) is 15.2. The van der Waals surface area contributed by atoms with Gasteiger partial charge in [0, 0.05) is 32.7 Å². The first-order valence-corrected chi connectivity index (χ1v) is 8.87. The molecule has 1 atom stereocenters. The normalized spacial score (nSPS) is 20.5. The smallest absolute Gasteiger partial charge is 0.321 e. The van der Waals surface area contributed by atoms with Gasteiger partial charge in [-0.05, 0) is 60.2 Å². The van der Waals surface area contributed by atoms with Crippen LogP contribution in [0.2, 0.25) is 0 Å². The van der Waals surface area contributed by atoms with Gasteiger partial charge in [0.05, 0.1) is 0 Å². The third-order valence-corrected chi connectivity index (χ3v) is 3.63. The number of nitrogens with zero attached hydrogens (tertiary/aromatic N) is 2. The van der Waals surface area contributed by atoms with Gasteiger partial charge in [0.2, 0.25) is 0 Å². The number of carbonyl (C=O) groups is 1. The molecule has 1 aliphatic rings. The number of nitrogens with two attached hydrogens (primary N) is 1. The van der Waals surface area contributed by atoms with E-state index in [4.69, 9.17) is 10.8 Å². The maximum absolute atomic E-state index is 10.1. The van der Waals surface area contributed by atoms with Crippen molar-refractivity contribution in [1.82, 2.24) is 25.8 Å². The summed E-state index contributed by atoms with van der Waals surface area (Å²) in [6.07, 6.45) is 2.47. The SMILES string of the molecule is CN(C)CC(N)C(=O)O.CN1CCCNCCNCCCNCC1. The standard InChI is InChI=1S/C11H26N4.C5H12N2O2/c1-15-10-3-6-13-8-7-12-4-2-5-14-9-11-15;1-7(2)3-4(6)5(8)9/h12-14H,2-11H2,1H3;4H,3,6H2,1-2H3,(H,8,9). The minimum Gasteiger partial charge on any atom is -0.480 e. The first-order chi connectivity index (χ1) is 11.4. The van der Waals surface area contributed by atoms with Crippen LogP contribution in [0.5, 0.6) is 0 Å². The predicted molar refractivity (Wildman–Crippen MR) is 99.5 cm³/mol. The van der Waals surface area contributed by atoms with Crippen LogP contribution in [-0.4, -0.2) is 107 Å². The van der Waals surface area contributed by atoms with Crippen molar-refractivity contribution in [3.63, 3.8) is 0 Å². The molecular weight excluding hydrogens is 308 g/mol. The Morgan fingerprint density at radius 3 is 2.08 bits per heavy atom. The molecule has 24 heavy (non-hydrogen) atoms. The summed E-state index contributed by atoms with van der Waals surface area (Å²) in [6, 6.07) is -0.764. The van der Waals surface area contributed by atoms with Gasteiger partial charge in [-0.3, -0.25) is 4.79 Å². The van der Waals surface area contributed by atoms with Crippen molar-refractivity contribution in [1.29, 1.82) is 0 Å². The fourth-order valence-electron chi connectivity index (χ4n) is 2.22. The highest BCUT2D eigenvalue weighted by molar-refractivity contribution is 5.73. The Morgan fingerprint density at radius 2 is 1.58 bits per heavy atom. The summed E-state index contributed by atoms with van der Waals surface area (Å²) in [5, 5.41) is 18.6. The molecule has 8 heteroatoms. The summed E-state index contributed by atoms with van der Waals surface area (Å²) < 4.78 is 0. The molecule has 0 spiro atoms. The molecule has 0 amide bonds. The lowest BCUT2D eigenvalue weighted by Crippen LogP contribution is -2.39. The second-order valence-electron chi connectivity index (χ2n) is 6.47. The van der Waals surface area contributed by atoms with E-state index in [-0.39, 0.29) is 0 Å². The number of carboxylic acids is 1. The Balaban J connectivity index is 0.000000506. The van der Waals surface area contributed by atoms with Gasteiger partial charge in [0.25, 0.3) is 0 Å². The van der Waals surface area contributed by atoms with Crippen molar-refractivity contribution < 1.29 is 9.90 Å². The number of rotatable bonds is 3. The minimum absolute atomic E-state index is 0.384. The molecular formula is C16H38N6O2. The fourth-order valence-corrected chi connectivity index (χ4v) is 2.22. The van der Waals surface area contributed by atoms with Crippen LogP contribution in [0.1, 0.15) is 12.8 Å². The van der Waals surface area contributed by atoms with E-state index in [1.807, 2.05) is 0 Å². The first kappa shape index (κ1) is 23.2. The van der Waals surface area contributed by atoms with Gasteiger partial charge in [0.15, 0.2) is 0 Å². The highest BCUT2D eigenvalue weighted by Gasteiger charge is 2.10. The van der Waals surface area contributed by atoms with Crippen LogP contribution in [0, 0.1) is 0 Å². The molecule has 0 aromatic carbocycles. The lowest BCUT2D eigenvalue weighted by molar-refractivity contribution is -0.138. The number of nitrogens with one attached hydrogen (secondary N) is 3. The lowest BCUT2D eigenvalue weighted by atomic mass is 10.3. The maximum atomic E-state index is 10.1. The first-order valence-electron chi connectivity index (χ1n) is 8.87. The number of aliphatic carboxylic acids is 1. The van der Waals surface area contributed by atoms with E-state index in [2.05, 4.69) is 27.9 Å². The van der Waals surface area contributed by atoms with E-state index in [1.54, 1.807) is 19.0 Å². The molecule has 1 heterocycles. The molecule has 0 aliphatic carbocycles. The van der Waals surface area contributed by atoms with Crippen LogP contribution in [0.3, 0.4) is 0 Å². The molecule has 1 rings (SSSR count). The van der Waals surface area contributed by atoms with E-state index < -0.39 is 12.0 Å². The average Bonchev–Trinajstić information content (AvgIpc) is 2.51. The summed E-state index contributed by atoms with van der Waals surface area (Å²) in [4.78, 5) is 14.2. The van der Waals surface area contributed by atoms with Gasteiger partial charge in [-0.15, -0.1) is 0 Å². The van der Waals surface area contributed by atoms with Crippen LogP contribution < -0.4 is 21.7 Å². The Labute approximate surface area is 147 Å². The lowest BCUT2D eigenvalue weighted by Gasteiger charge is -2.17. The Morgan fingerprint density at radius 1 is 1.04 bits per heavy atom. The van der Waals surface area contributed by atoms with Gasteiger partial charge >= 0.3 is 5.97 Å². The summed E-state index contributed by atoms with van der Waals surface area (Å²) in [6.45, 7) is 9.44. The molecule has 0 bridgehead atoms. The van der Waals surface area contributed by atoms with Gasteiger partial charge in [0.1, 0.15) is 6.04 Å². The number of likely N-dealkylation sites (N-methyl/N-ethyl adjacent to an activating group) is 2. The van der Waals surface area contributed by atoms with Crippen molar-refractivity contribution in [3.8, 4) is 0 Å². The molecule has 6 N–H and O–H groups in total. The van der Waals surface area contributed by atoms with E-state index in [9.17, 15) is 4.79 Å². The van der Waals surface area contributed by atoms with Crippen LogP contribution in [0.15, 0.2) is 0 Å². The Bertz CT molecular complexity index is 290. The summed E-state index contributed by atoms with van der Waals surface area (Å²) in [5.41, 5.74) is 5.18. The van der Waals surface area contributed by atoms with Crippen molar-refractivity contribution in [2.75, 3.05) is 80.0 Å². The largest absolute Gasteiger partial charge is 0.480 e. The predicted octanol–water partition coefficient (Wildman–Crippen LogP) is -1.56. The van der Waals surface area contributed by atoms with E-state index >= 15 is 0 Å². The average molecular weight is 347 g/mol. The minimum atomic E-state index is -0.955. The van der Waals surface area contributed by atoms with Crippen molar-refractivity contribution in [3.05, 3.63) is 0 Å². The molecule has 0 radical (unpaired) electrons. The topological polar surface area (TPSA) is 106 Å². The maximum Gasteiger partial charge on any atom is 0.321 e. The van der Waals surface area contributed by atoms with E-state index in [0.29, 0.717) is 6.54 Å². The van der Waals surface area contributed by atoms with Crippen LogP contribution >= 0.6 is 0 Å². The Hall–Kier alpha value is -0.770. The quantitative estimate of drug-likeness (QED) is 0.418. The fraction of sp³-hybridized carbons (Fsp3) is 0.938. The number of carboxylic acid groups (broad SMARTS) is 1. The second kappa shape index (κ2) is 15.7. The molecule has 0 aromatic heterocycles. The van der Waals surface area contributed by atoms with Crippen molar-refractivity contribution in [2.45, 2.75) is 18.9 Å². The third-order valence-electron chi connectivity index (χ3n) is 3.63. The van der Waals surface area contributed by atoms with E-state index in [0.717, 1.165) is 45.8 Å². The van der Waals surface area contributed by atoms with Crippen LogP contribution in [0.25, 0.3) is 0 Å². The van der Waals surface area contributed by atoms with Gasteiger partial charge in [-0.1, -0.05) is 0 Å². The number of hydrogen-bond acceptors (Lipinski definition) is 7. The molecule has 1 unspecified atom stereocenters.